The SMILES string of the molecule is CC(C)(C)N1CCC(Oc2cc3nc(Nc4cccc(-c5cnco5)c4)ncc3cc2C#CC=O)CC1. The maximum absolute atomic E-state index is 10.9. The van der Waals surface area contributed by atoms with Crippen LogP contribution in [0.5, 0.6) is 5.75 Å². The summed E-state index contributed by atoms with van der Waals surface area (Å²) in [5, 5.41) is 4.07. The number of carbonyl (C=O) groups excluding carboxylic acids is 1. The first-order chi connectivity index (χ1) is 17.9. The number of ether oxygens (including phenoxy) is 1. The Morgan fingerprint density at radius 2 is 2.00 bits per heavy atom. The fourth-order valence-electron chi connectivity index (χ4n) is 4.48. The lowest BCUT2D eigenvalue weighted by molar-refractivity contribution is -0.103. The lowest BCUT2D eigenvalue weighted by Crippen LogP contribution is -2.48. The Hall–Kier alpha value is -4.22. The topological polar surface area (TPSA) is 93.4 Å². The van der Waals surface area contributed by atoms with Crippen LogP contribution in [0.25, 0.3) is 22.2 Å². The molecule has 1 saturated heterocycles. The smallest absolute Gasteiger partial charge is 0.227 e. The lowest BCUT2D eigenvalue weighted by Gasteiger charge is -2.40. The zero-order chi connectivity index (χ0) is 25.8. The van der Waals surface area contributed by atoms with Crippen LogP contribution in [0.2, 0.25) is 0 Å². The minimum Gasteiger partial charge on any atom is -0.489 e. The largest absolute Gasteiger partial charge is 0.489 e. The van der Waals surface area contributed by atoms with E-state index in [0.717, 1.165) is 48.1 Å². The number of nitrogens with one attached hydrogen (secondary N) is 1. The molecule has 0 spiro atoms. The number of aromatic nitrogens is 3. The molecule has 8 nitrogen and oxygen atoms in total. The van der Waals surface area contributed by atoms with Gasteiger partial charge in [0.15, 0.2) is 18.4 Å². The Morgan fingerprint density at radius 3 is 2.73 bits per heavy atom. The van der Waals surface area contributed by atoms with Crippen LogP contribution < -0.4 is 10.1 Å². The van der Waals surface area contributed by atoms with Gasteiger partial charge in [-0.05, 0) is 57.7 Å². The molecule has 0 unspecified atom stereocenters. The molecule has 0 atom stereocenters. The van der Waals surface area contributed by atoms with Crippen molar-refractivity contribution >= 4 is 28.8 Å². The standard InChI is InChI=1S/C29H29N5O3/c1-29(2,3)34-11-9-24(10-12-34)37-26-16-25-22(14-20(26)7-5-13-35)17-31-28(33-25)32-23-8-4-6-21(15-23)27-18-30-19-36-27/h4,6,8,13-19,24H,9-12H2,1-3H3,(H,31,32,33). The van der Waals surface area contributed by atoms with E-state index in [1.807, 2.05) is 36.4 Å². The van der Waals surface area contributed by atoms with E-state index in [1.54, 1.807) is 12.4 Å². The third kappa shape index (κ3) is 5.79. The van der Waals surface area contributed by atoms with E-state index in [4.69, 9.17) is 14.1 Å². The van der Waals surface area contributed by atoms with Crippen LogP contribution in [0.1, 0.15) is 39.2 Å². The first-order valence-corrected chi connectivity index (χ1v) is 12.3. The summed E-state index contributed by atoms with van der Waals surface area (Å²) < 4.78 is 11.8. The summed E-state index contributed by atoms with van der Waals surface area (Å²) in [5.41, 5.74) is 3.24. The number of hydrogen-bond acceptors (Lipinski definition) is 8. The molecule has 37 heavy (non-hydrogen) atoms. The van der Waals surface area contributed by atoms with Gasteiger partial charge in [0.1, 0.15) is 11.9 Å². The molecule has 4 aromatic rings. The van der Waals surface area contributed by atoms with Gasteiger partial charge in [0.05, 0.1) is 17.3 Å². The highest BCUT2D eigenvalue weighted by molar-refractivity contribution is 5.84. The fourth-order valence-corrected chi connectivity index (χ4v) is 4.48. The van der Waals surface area contributed by atoms with Crippen LogP contribution in [-0.2, 0) is 4.79 Å². The normalized spacial score (nSPS) is 14.7. The Morgan fingerprint density at radius 1 is 1.16 bits per heavy atom. The summed E-state index contributed by atoms with van der Waals surface area (Å²) in [4.78, 5) is 26.6. The third-order valence-electron chi connectivity index (χ3n) is 6.47. The van der Waals surface area contributed by atoms with Crippen molar-refractivity contribution in [2.24, 2.45) is 0 Å². The predicted octanol–water partition coefficient (Wildman–Crippen LogP) is 5.22. The van der Waals surface area contributed by atoms with Gasteiger partial charge in [0, 0.05) is 47.5 Å². The number of nitrogens with zero attached hydrogens (tertiary/aromatic N) is 4. The highest BCUT2D eigenvalue weighted by Crippen LogP contribution is 2.30. The van der Waals surface area contributed by atoms with Crippen molar-refractivity contribution in [3.8, 4) is 28.9 Å². The second kappa shape index (κ2) is 10.4. The quantitative estimate of drug-likeness (QED) is 0.298. The van der Waals surface area contributed by atoms with Crippen molar-refractivity contribution in [2.75, 3.05) is 18.4 Å². The molecule has 0 amide bonds. The first kappa shape index (κ1) is 24.5. The molecule has 0 bridgehead atoms. The highest BCUT2D eigenvalue weighted by Gasteiger charge is 2.28. The lowest BCUT2D eigenvalue weighted by atomic mass is 9.99. The molecule has 0 saturated carbocycles. The summed E-state index contributed by atoms with van der Waals surface area (Å²) in [6.45, 7) is 8.65. The van der Waals surface area contributed by atoms with Gasteiger partial charge in [-0.2, -0.15) is 0 Å². The van der Waals surface area contributed by atoms with Gasteiger partial charge in [-0.3, -0.25) is 9.69 Å². The number of oxazole rings is 1. The minimum atomic E-state index is 0.0751. The molecule has 1 aliphatic heterocycles. The summed E-state index contributed by atoms with van der Waals surface area (Å²) in [7, 11) is 0. The van der Waals surface area contributed by atoms with E-state index in [-0.39, 0.29) is 11.6 Å². The van der Waals surface area contributed by atoms with Gasteiger partial charge in [-0.15, -0.1) is 0 Å². The van der Waals surface area contributed by atoms with E-state index < -0.39 is 0 Å². The van der Waals surface area contributed by atoms with E-state index in [2.05, 4.69) is 52.8 Å². The minimum absolute atomic E-state index is 0.0751. The Bertz CT molecular complexity index is 1460. The number of fused-ring (bicyclic) bond motifs is 1. The molecule has 8 heteroatoms. The monoisotopic (exact) mass is 495 g/mol. The van der Waals surface area contributed by atoms with Crippen molar-refractivity contribution in [1.82, 2.24) is 19.9 Å². The van der Waals surface area contributed by atoms with Crippen LogP contribution in [-0.4, -0.2) is 50.9 Å². The second-order valence-electron chi connectivity index (χ2n) is 10.0. The Labute approximate surface area is 216 Å². The molecular formula is C29H29N5O3. The number of benzene rings is 2. The predicted molar refractivity (Wildman–Crippen MR) is 143 cm³/mol. The Kier molecular flexibility index (Phi) is 6.89. The van der Waals surface area contributed by atoms with E-state index in [9.17, 15) is 4.79 Å². The third-order valence-corrected chi connectivity index (χ3v) is 6.47. The molecule has 188 valence electrons. The van der Waals surface area contributed by atoms with Crippen LogP contribution in [0.4, 0.5) is 11.6 Å². The molecule has 2 aromatic carbocycles. The van der Waals surface area contributed by atoms with Crippen molar-refractivity contribution < 1.29 is 13.9 Å². The molecule has 1 aliphatic rings. The molecule has 3 heterocycles. The molecule has 2 aromatic heterocycles. The molecule has 5 rings (SSSR count). The number of hydrogen-bond donors (Lipinski definition) is 1. The van der Waals surface area contributed by atoms with E-state index in [0.29, 0.717) is 29.3 Å². The zero-order valence-corrected chi connectivity index (χ0v) is 21.2. The van der Waals surface area contributed by atoms with E-state index in [1.165, 1.54) is 6.39 Å². The fraction of sp³-hybridized carbons (Fsp3) is 0.310. The number of rotatable bonds is 5. The molecular weight excluding hydrogens is 466 g/mol. The number of carbonyl (C=O) groups is 1. The number of piperidine rings is 1. The highest BCUT2D eigenvalue weighted by atomic mass is 16.5. The second-order valence-corrected chi connectivity index (χ2v) is 10.0. The van der Waals surface area contributed by atoms with Crippen molar-refractivity contribution in [3.05, 3.63) is 60.7 Å². The summed E-state index contributed by atoms with van der Waals surface area (Å²) in [6, 6.07) is 11.5. The molecule has 0 aliphatic carbocycles. The summed E-state index contributed by atoms with van der Waals surface area (Å²) in [6.07, 6.45) is 7.33. The average molecular weight is 496 g/mol. The van der Waals surface area contributed by atoms with Gasteiger partial charge in [-0.1, -0.05) is 18.1 Å². The first-order valence-electron chi connectivity index (χ1n) is 12.3. The number of anilines is 2. The average Bonchev–Trinajstić information content (AvgIpc) is 3.43. The number of aldehydes is 1. The van der Waals surface area contributed by atoms with Crippen LogP contribution >= 0.6 is 0 Å². The van der Waals surface area contributed by atoms with Crippen molar-refractivity contribution in [1.29, 1.82) is 0 Å². The van der Waals surface area contributed by atoms with Crippen LogP contribution in [0, 0.1) is 11.8 Å². The van der Waals surface area contributed by atoms with E-state index >= 15 is 0 Å². The van der Waals surface area contributed by atoms with Gasteiger partial charge in [0.25, 0.3) is 0 Å². The number of likely N-dealkylation sites (tertiary alicyclic amines) is 1. The Balaban J connectivity index is 1.39. The van der Waals surface area contributed by atoms with Crippen molar-refractivity contribution in [2.45, 2.75) is 45.3 Å². The van der Waals surface area contributed by atoms with Gasteiger partial charge >= 0.3 is 0 Å². The molecule has 0 radical (unpaired) electrons. The molecule has 1 fully saturated rings. The van der Waals surface area contributed by atoms with Gasteiger partial charge in [0.2, 0.25) is 5.95 Å². The van der Waals surface area contributed by atoms with Crippen LogP contribution in [0.15, 0.2) is 59.6 Å². The van der Waals surface area contributed by atoms with Crippen molar-refractivity contribution in [3.63, 3.8) is 0 Å². The van der Waals surface area contributed by atoms with Gasteiger partial charge in [-0.25, -0.2) is 15.0 Å². The molecule has 1 N–H and O–H groups in total. The zero-order valence-electron chi connectivity index (χ0n) is 21.2. The summed E-state index contributed by atoms with van der Waals surface area (Å²) >= 11 is 0. The summed E-state index contributed by atoms with van der Waals surface area (Å²) in [5.74, 6) is 7.20. The maximum atomic E-state index is 10.9. The van der Waals surface area contributed by atoms with Gasteiger partial charge < -0.3 is 14.5 Å². The maximum Gasteiger partial charge on any atom is 0.227 e. The van der Waals surface area contributed by atoms with Crippen LogP contribution in [0.3, 0.4) is 0 Å².